The number of rotatable bonds is 5. The van der Waals surface area contributed by atoms with Crippen LogP contribution in [0.4, 0.5) is 23.2 Å². The van der Waals surface area contributed by atoms with E-state index in [0.717, 1.165) is 18.4 Å². The van der Waals surface area contributed by atoms with E-state index in [4.69, 9.17) is 11.6 Å². The molecular formula is C18H15ClF4N4O2S. The van der Waals surface area contributed by atoms with E-state index in [1.807, 2.05) is 0 Å². The number of alkyl halides is 3. The molecule has 1 atom stereocenters. The van der Waals surface area contributed by atoms with Crippen molar-refractivity contribution in [1.29, 1.82) is 0 Å². The summed E-state index contributed by atoms with van der Waals surface area (Å²) in [6, 6.07) is 3.59. The number of hydrogen-bond acceptors (Lipinski definition) is 5. The molecule has 0 aliphatic carbocycles. The molecular weight excluding hydrogens is 448 g/mol. The fraction of sp³-hybridized carbons (Fsp3) is 0.222. The van der Waals surface area contributed by atoms with Crippen LogP contribution in [0.1, 0.15) is 28.7 Å². The Hall–Kier alpha value is -2.66. The first kappa shape index (κ1) is 22.0. The highest BCUT2D eigenvalue weighted by Crippen LogP contribution is 2.33. The first-order chi connectivity index (χ1) is 13.9. The minimum atomic E-state index is -4.61. The van der Waals surface area contributed by atoms with E-state index in [1.165, 1.54) is 25.3 Å². The molecule has 0 aliphatic rings. The van der Waals surface area contributed by atoms with Gasteiger partial charge < -0.3 is 10.3 Å². The van der Waals surface area contributed by atoms with Gasteiger partial charge in [-0.2, -0.15) is 13.2 Å². The molecule has 2 N–H and O–H groups in total. The number of nitrogens with one attached hydrogen (secondary N) is 2. The molecule has 0 fully saturated rings. The van der Waals surface area contributed by atoms with Crippen molar-refractivity contribution in [2.45, 2.75) is 24.2 Å². The molecule has 3 aromatic rings. The van der Waals surface area contributed by atoms with Gasteiger partial charge in [-0.1, -0.05) is 17.7 Å². The lowest BCUT2D eigenvalue weighted by molar-refractivity contribution is -0.137. The summed E-state index contributed by atoms with van der Waals surface area (Å²) < 4.78 is 76.5. The lowest BCUT2D eigenvalue weighted by Gasteiger charge is -2.19. The second-order valence-electron chi connectivity index (χ2n) is 6.54. The SMILES string of the molecule is Cc1[nH]c(C(Nc2cncc(C(F)(F)F)c2)c2ccc(F)c(Cl)c2)nc1S(C)(=O)=O. The molecule has 1 unspecified atom stereocenters. The van der Waals surface area contributed by atoms with Crippen molar-refractivity contribution in [2.24, 2.45) is 0 Å². The van der Waals surface area contributed by atoms with Crippen LogP contribution in [0.15, 0.2) is 41.7 Å². The number of aromatic amines is 1. The van der Waals surface area contributed by atoms with Gasteiger partial charge in [0.2, 0.25) is 0 Å². The highest BCUT2D eigenvalue weighted by molar-refractivity contribution is 7.90. The van der Waals surface area contributed by atoms with Crippen LogP contribution in [0.2, 0.25) is 5.02 Å². The molecule has 0 spiro atoms. The number of pyridine rings is 1. The minimum absolute atomic E-state index is 0.00905. The Balaban J connectivity index is 2.11. The molecule has 2 heterocycles. The van der Waals surface area contributed by atoms with Crippen LogP contribution in [-0.4, -0.2) is 29.6 Å². The Kier molecular flexibility index (Phi) is 5.79. The number of aryl methyl sites for hydroxylation is 1. The van der Waals surface area contributed by atoms with Crippen LogP contribution >= 0.6 is 11.6 Å². The maximum atomic E-state index is 13.6. The number of aromatic nitrogens is 3. The third-order valence-electron chi connectivity index (χ3n) is 4.14. The van der Waals surface area contributed by atoms with Gasteiger partial charge in [-0.3, -0.25) is 4.98 Å². The highest BCUT2D eigenvalue weighted by Gasteiger charge is 2.31. The number of imidazole rings is 1. The highest BCUT2D eigenvalue weighted by atomic mass is 35.5. The molecule has 0 radical (unpaired) electrons. The van der Waals surface area contributed by atoms with Gasteiger partial charge in [0.15, 0.2) is 14.9 Å². The van der Waals surface area contributed by atoms with Gasteiger partial charge >= 0.3 is 6.18 Å². The maximum Gasteiger partial charge on any atom is 0.417 e. The summed E-state index contributed by atoms with van der Waals surface area (Å²) >= 11 is 5.85. The van der Waals surface area contributed by atoms with Crippen LogP contribution < -0.4 is 5.32 Å². The number of benzene rings is 1. The molecule has 160 valence electrons. The molecule has 3 rings (SSSR count). The Morgan fingerprint density at radius 2 is 1.90 bits per heavy atom. The second-order valence-corrected chi connectivity index (χ2v) is 8.87. The quantitative estimate of drug-likeness (QED) is 0.544. The van der Waals surface area contributed by atoms with E-state index >= 15 is 0 Å². The molecule has 0 saturated heterocycles. The fourth-order valence-corrected chi connectivity index (χ4v) is 3.87. The maximum absolute atomic E-state index is 13.6. The van der Waals surface area contributed by atoms with E-state index in [2.05, 4.69) is 20.3 Å². The van der Waals surface area contributed by atoms with Gasteiger partial charge in [0.25, 0.3) is 0 Å². The van der Waals surface area contributed by atoms with Crippen molar-refractivity contribution < 1.29 is 26.0 Å². The summed E-state index contributed by atoms with van der Waals surface area (Å²) in [6.45, 7) is 1.49. The summed E-state index contributed by atoms with van der Waals surface area (Å²) in [5, 5.41) is 2.41. The Bertz CT molecular complexity index is 1200. The summed E-state index contributed by atoms with van der Waals surface area (Å²) in [7, 11) is -3.66. The molecule has 0 aliphatic heterocycles. The van der Waals surface area contributed by atoms with Gasteiger partial charge in [-0.05, 0) is 30.7 Å². The van der Waals surface area contributed by atoms with Crippen molar-refractivity contribution in [3.63, 3.8) is 0 Å². The lowest BCUT2D eigenvalue weighted by Crippen LogP contribution is -2.16. The molecule has 1 aromatic carbocycles. The standard InChI is InChI=1S/C18H15ClF4N4O2S/c1-9-17(30(2,28)29)27-16(25-9)15(10-3-4-14(20)13(19)5-10)26-12-6-11(7-24-8-12)18(21,22)23/h3-8,15,26H,1-2H3,(H,25,27). The molecule has 0 saturated carbocycles. The van der Waals surface area contributed by atoms with E-state index in [9.17, 15) is 26.0 Å². The van der Waals surface area contributed by atoms with Gasteiger partial charge in [0, 0.05) is 18.6 Å². The van der Waals surface area contributed by atoms with E-state index in [0.29, 0.717) is 11.8 Å². The first-order valence-corrected chi connectivity index (χ1v) is 10.6. The predicted molar refractivity (Wildman–Crippen MR) is 103 cm³/mol. The molecule has 6 nitrogen and oxygen atoms in total. The molecule has 2 aromatic heterocycles. The molecule has 0 bridgehead atoms. The van der Waals surface area contributed by atoms with Crippen molar-refractivity contribution in [3.8, 4) is 0 Å². The Morgan fingerprint density at radius 1 is 1.20 bits per heavy atom. The fourth-order valence-electron chi connectivity index (χ4n) is 2.81. The monoisotopic (exact) mass is 462 g/mol. The zero-order valence-corrected chi connectivity index (χ0v) is 17.1. The van der Waals surface area contributed by atoms with E-state index in [1.54, 1.807) is 0 Å². The van der Waals surface area contributed by atoms with Gasteiger partial charge in [-0.15, -0.1) is 0 Å². The van der Waals surface area contributed by atoms with Crippen molar-refractivity contribution >= 4 is 27.1 Å². The van der Waals surface area contributed by atoms with Crippen LogP contribution in [-0.2, 0) is 16.0 Å². The lowest BCUT2D eigenvalue weighted by atomic mass is 10.1. The van der Waals surface area contributed by atoms with Crippen molar-refractivity contribution in [3.05, 3.63) is 70.1 Å². The number of H-pyrrole nitrogens is 1. The first-order valence-electron chi connectivity index (χ1n) is 8.36. The predicted octanol–water partition coefficient (Wildman–Crippen LogP) is 4.53. The van der Waals surface area contributed by atoms with Crippen LogP contribution in [0.5, 0.6) is 0 Å². The summed E-state index contributed by atoms with van der Waals surface area (Å²) in [6.07, 6.45) is -1.79. The number of anilines is 1. The largest absolute Gasteiger partial charge is 0.417 e. The average Bonchev–Trinajstić information content (AvgIpc) is 3.03. The van der Waals surface area contributed by atoms with E-state index < -0.39 is 33.4 Å². The topological polar surface area (TPSA) is 87.7 Å². The third-order valence-corrected chi connectivity index (χ3v) is 5.53. The second kappa shape index (κ2) is 7.88. The average molecular weight is 463 g/mol. The molecule has 0 amide bonds. The van der Waals surface area contributed by atoms with Gasteiger partial charge in [-0.25, -0.2) is 17.8 Å². The normalized spacial score (nSPS) is 13.3. The minimum Gasteiger partial charge on any atom is -0.370 e. The Labute approximate surface area is 174 Å². The van der Waals surface area contributed by atoms with Crippen LogP contribution in [0, 0.1) is 12.7 Å². The Morgan fingerprint density at radius 3 is 2.47 bits per heavy atom. The zero-order chi connectivity index (χ0) is 22.3. The summed E-state index contributed by atoms with van der Waals surface area (Å²) in [5.74, 6) is -0.597. The molecule has 12 heteroatoms. The van der Waals surface area contributed by atoms with Crippen LogP contribution in [0.3, 0.4) is 0 Å². The summed E-state index contributed by atoms with van der Waals surface area (Å²) in [4.78, 5) is 10.5. The third kappa shape index (κ3) is 4.73. The van der Waals surface area contributed by atoms with Crippen LogP contribution in [0.25, 0.3) is 0 Å². The number of halogens is 5. The number of hydrogen-bond donors (Lipinski definition) is 2. The van der Waals surface area contributed by atoms with Crippen molar-refractivity contribution in [2.75, 3.05) is 11.6 Å². The van der Waals surface area contributed by atoms with Gasteiger partial charge in [0.05, 0.1) is 22.0 Å². The molecule has 30 heavy (non-hydrogen) atoms. The van der Waals surface area contributed by atoms with Crippen molar-refractivity contribution in [1.82, 2.24) is 15.0 Å². The zero-order valence-electron chi connectivity index (χ0n) is 15.6. The van der Waals surface area contributed by atoms with E-state index in [-0.39, 0.29) is 27.3 Å². The number of sulfone groups is 1. The summed E-state index contributed by atoms with van der Waals surface area (Å²) in [5.41, 5.74) is -0.400. The number of nitrogens with zero attached hydrogens (tertiary/aromatic N) is 2. The van der Waals surface area contributed by atoms with Gasteiger partial charge in [0.1, 0.15) is 17.7 Å². The smallest absolute Gasteiger partial charge is 0.370 e.